The number of nitrogens with two attached hydrogens (primary N) is 1. The van der Waals surface area contributed by atoms with Crippen LogP contribution in [0.2, 0.25) is 0 Å². The molecular weight excluding hydrogens is 310 g/mol. The summed E-state index contributed by atoms with van der Waals surface area (Å²) in [6, 6.07) is 5.04. The van der Waals surface area contributed by atoms with Crippen molar-refractivity contribution >= 4 is 33.5 Å². The van der Waals surface area contributed by atoms with Crippen LogP contribution in [0.5, 0.6) is 0 Å². The van der Waals surface area contributed by atoms with Crippen molar-refractivity contribution in [2.45, 2.75) is 6.92 Å². The Kier molecular flexibility index (Phi) is 4.08. The number of amides is 1. The topological polar surface area (TPSA) is 92.9 Å². The van der Waals surface area contributed by atoms with Crippen molar-refractivity contribution in [3.8, 4) is 0 Å². The highest BCUT2D eigenvalue weighted by molar-refractivity contribution is 9.10. The monoisotopic (exact) mass is 321 g/mol. The number of aryl methyl sites for hydroxylation is 1. The summed E-state index contributed by atoms with van der Waals surface area (Å²) in [5.41, 5.74) is 3.71. The van der Waals surface area contributed by atoms with Crippen LogP contribution in [0.25, 0.3) is 0 Å². The largest absolute Gasteiger partial charge is 0.308 e. The molecule has 0 fully saturated rings. The maximum atomic E-state index is 12.1. The third-order valence-corrected chi connectivity index (χ3v) is 2.88. The minimum Gasteiger partial charge on any atom is -0.308 e. The van der Waals surface area contributed by atoms with Gasteiger partial charge in [0, 0.05) is 22.4 Å². The van der Waals surface area contributed by atoms with E-state index in [1.54, 1.807) is 18.3 Å². The fraction of sp³-hybridized carbons (Fsp3) is 0.0833. The van der Waals surface area contributed by atoms with Gasteiger partial charge in [0.25, 0.3) is 5.91 Å². The third-order valence-electron chi connectivity index (χ3n) is 2.45. The molecule has 2 aromatic heterocycles. The molecule has 0 radical (unpaired) electrons. The summed E-state index contributed by atoms with van der Waals surface area (Å²) in [7, 11) is 0. The summed E-state index contributed by atoms with van der Waals surface area (Å²) in [6.45, 7) is 1.87. The Hall–Kier alpha value is -1.99. The second kappa shape index (κ2) is 5.77. The summed E-state index contributed by atoms with van der Waals surface area (Å²) in [4.78, 5) is 20.1. The summed E-state index contributed by atoms with van der Waals surface area (Å²) in [5, 5.41) is 2.74. The highest BCUT2D eigenvalue weighted by Crippen LogP contribution is 2.17. The van der Waals surface area contributed by atoms with Crippen LogP contribution >= 0.6 is 15.9 Å². The van der Waals surface area contributed by atoms with Crippen molar-refractivity contribution in [1.82, 2.24) is 9.97 Å². The number of carbonyl (C=O) groups excluding carboxylic acids is 1. The number of nitrogens with zero attached hydrogens (tertiary/aromatic N) is 2. The Morgan fingerprint density at radius 1 is 1.37 bits per heavy atom. The number of anilines is 2. The predicted molar refractivity (Wildman–Crippen MR) is 76.7 cm³/mol. The first-order chi connectivity index (χ1) is 9.10. The van der Waals surface area contributed by atoms with Gasteiger partial charge in [-0.2, -0.15) is 0 Å². The van der Waals surface area contributed by atoms with Gasteiger partial charge in [-0.15, -0.1) is 0 Å². The number of hydrogen-bond acceptors (Lipinski definition) is 5. The molecule has 0 unspecified atom stereocenters. The standard InChI is InChI=1S/C12H12BrN5O/c1-7-4-9(13)6-16-11(7)17-12(19)8-2-3-15-10(5-8)18-14/h2-6H,14H2,1H3,(H,15,18)(H,16,17,19). The molecule has 19 heavy (non-hydrogen) atoms. The first-order valence-electron chi connectivity index (χ1n) is 5.46. The van der Waals surface area contributed by atoms with Crippen molar-refractivity contribution in [3.05, 3.63) is 46.2 Å². The van der Waals surface area contributed by atoms with Crippen LogP contribution in [-0.4, -0.2) is 15.9 Å². The van der Waals surface area contributed by atoms with Crippen LogP contribution in [-0.2, 0) is 0 Å². The van der Waals surface area contributed by atoms with Crippen molar-refractivity contribution in [2.75, 3.05) is 10.7 Å². The molecule has 0 aliphatic rings. The van der Waals surface area contributed by atoms with Gasteiger partial charge in [0.15, 0.2) is 0 Å². The zero-order valence-electron chi connectivity index (χ0n) is 10.1. The number of nitrogens with one attached hydrogen (secondary N) is 2. The summed E-state index contributed by atoms with van der Waals surface area (Å²) >= 11 is 3.32. The average Bonchev–Trinajstić information content (AvgIpc) is 2.42. The molecule has 0 saturated carbocycles. The minimum atomic E-state index is -0.267. The molecule has 0 atom stereocenters. The molecule has 6 nitrogen and oxygen atoms in total. The maximum absolute atomic E-state index is 12.1. The van der Waals surface area contributed by atoms with Crippen LogP contribution in [0.3, 0.4) is 0 Å². The van der Waals surface area contributed by atoms with Crippen molar-refractivity contribution in [2.24, 2.45) is 5.84 Å². The number of hydrogen-bond donors (Lipinski definition) is 3. The fourth-order valence-electron chi connectivity index (χ4n) is 1.50. The second-order valence-electron chi connectivity index (χ2n) is 3.85. The number of aromatic nitrogens is 2. The number of pyridine rings is 2. The quantitative estimate of drug-likeness (QED) is 0.594. The van der Waals surface area contributed by atoms with Crippen molar-refractivity contribution < 1.29 is 4.79 Å². The predicted octanol–water partition coefficient (Wildman–Crippen LogP) is 2.09. The molecule has 4 N–H and O–H groups in total. The maximum Gasteiger partial charge on any atom is 0.257 e. The molecule has 0 aromatic carbocycles. The number of rotatable bonds is 3. The number of carbonyl (C=O) groups is 1. The average molecular weight is 322 g/mol. The Labute approximate surface area is 118 Å². The molecule has 98 valence electrons. The smallest absolute Gasteiger partial charge is 0.257 e. The van der Waals surface area contributed by atoms with E-state index < -0.39 is 0 Å². The lowest BCUT2D eigenvalue weighted by Crippen LogP contribution is -2.15. The Balaban J connectivity index is 2.20. The van der Waals surface area contributed by atoms with E-state index in [4.69, 9.17) is 5.84 Å². The zero-order valence-corrected chi connectivity index (χ0v) is 11.7. The molecule has 2 aromatic rings. The van der Waals surface area contributed by atoms with E-state index in [-0.39, 0.29) is 5.91 Å². The Morgan fingerprint density at radius 2 is 2.16 bits per heavy atom. The molecule has 0 saturated heterocycles. The van der Waals surface area contributed by atoms with Gasteiger partial charge in [0.05, 0.1) is 0 Å². The number of hydrazine groups is 1. The van der Waals surface area contributed by atoms with Gasteiger partial charge in [-0.3, -0.25) is 4.79 Å². The zero-order chi connectivity index (χ0) is 13.8. The molecule has 2 rings (SSSR count). The first-order valence-corrected chi connectivity index (χ1v) is 6.25. The van der Waals surface area contributed by atoms with Gasteiger partial charge >= 0.3 is 0 Å². The second-order valence-corrected chi connectivity index (χ2v) is 4.76. The normalized spacial score (nSPS) is 10.1. The fourth-order valence-corrected chi connectivity index (χ4v) is 1.95. The number of nitrogen functional groups attached to an aromatic ring is 1. The molecule has 2 heterocycles. The van der Waals surface area contributed by atoms with Gasteiger partial charge in [-0.1, -0.05) is 0 Å². The van der Waals surface area contributed by atoms with E-state index in [9.17, 15) is 4.79 Å². The minimum absolute atomic E-state index is 0.267. The highest BCUT2D eigenvalue weighted by Gasteiger charge is 2.09. The Bertz CT molecular complexity index is 617. The first kappa shape index (κ1) is 13.4. The van der Waals surface area contributed by atoms with Crippen LogP contribution in [0.4, 0.5) is 11.6 Å². The van der Waals surface area contributed by atoms with Gasteiger partial charge in [-0.25, -0.2) is 15.8 Å². The van der Waals surface area contributed by atoms with Crippen LogP contribution in [0.1, 0.15) is 15.9 Å². The van der Waals surface area contributed by atoms with Gasteiger partial charge in [-0.05, 0) is 46.6 Å². The molecule has 1 amide bonds. The third kappa shape index (κ3) is 3.27. The van der Waals surface area contributed by atoms with Gasteiger partial charge in [0.2, 0.25) is 0 Å². The molecule has 0 spiro atoms. The lowest BCUT2D eigenvalue weighted by Gasteiger charge is -2.08. The van der Waals surface area contributed by atoms with E-state index in [0.29, 0.717) is 17.2 Å². The van der Waals surface area contributed by atoms with E-state index in [2.05, 4.69) is 36.6 Å². The molecule has 0 aliphatic heterocycles. The lowest BCUT2D eigenvalue weighted by atomic mass is 10.2. The van der Waals surface area contributed by atoms with Gasteiger partial charge in [0.1, 0.15) is 11.6 Å². The summed E-state index contributed by atoms with van der Waals surface area (Å²) in [6.07, 6.45) is 3.13. The van der Waals surface area contributed by atoms with Crippen LogP contribution in [0, 0.1) is 6.92 Å². The Morgan fingerprint density at radius 3 is 2.84 bits per heavy atom. The molecule has 0 aliphatic carbocycles. The lowest BCUT2D eigenvalue weighted by molar-refractivity contribution is 0.102. The molecule has 7 heteroatoms. The van der Waals surface area contributed by atoms with Gasteiger partial charge < -0.3 is 10.7 Å². The summed E-state index contributed by atoms with van der Waals surface area (Å²) < 4.78 is 0.863. The van der Waals surface area contributed by atoms with E-state index >= 15 is 0 Å². The van der Waals surface area contributed by atoms with Crippen molar-refractivity contribution in [3.63, 3.8) is 0 Å². The van der Waals surface area contributed by atoms with Crippen LogP contribution < -0.4 is 16.6 Å². The van der Waals surface area contributed by atoms with E-state index in [0.717, 1.165) is 10.0 Å². The van der Waals surface area contributed by atoms with Crippen molar-refractivity contribution in [1.29, 1.82) is 0 Å². The highest BCUT2D eigenvalue weighted by atomic mass is 79.9. The number of halogens is 1. The van der Waals surface area contributed by atoms with E-state index in [1.165, 1.54) is 6.20 Å². The van der Waals surface area contributed by atoms with E-state index in [1.807, 2.05) is 13.0 Å². The molecule has 0 bridgehead atoms. The molecular formula is C12H12BrN5O. The van der Waals surface area contributed by atoms with Crippen LogP contribution in [0.15, 0.2) is 35.1 Å². The SMILES string of the molecule is Cc1cc(Br)cnc1NC(=O)c1ccnc(NN)c1. The summed E-state index contributed by atoms with van der Waals surface area (Å²) in [5.74, 6) is 5.93.